The molecule has 17 heavy (non-hydrogen) atoms. The fourth-order valence-electron chi connectivity index (χ4n) is 1.62. The van der Waals surface area contributed by atoms with E-state index in [2.05, 4.69) is 10.3 Å². The molecule has 5 nitrogen and oxygen atoms in total. The second-order valence-corrected chi connectivity index (χ2v) is 3.55. The predicted molar refractivity (Wildman–Crippen MR) is 54.4 cm³/mol. The number of aromatic nitrogens is 3. The Kier molecular flexibility index (Phi) is 2.74. The van der Waals surface area contributed by atoms with Gasteiger partial charge in [0, 0.05) is 12.1 Å². The molecule has 1 atom stereocenters. The summed E-state index contributed by atoms with van der Waals surface area (Å²) in [5, 5.41) is 16.2. The minimum atomic E-state index is -1.09. The SMILES string of the molecule is CCC(C(=O)O)n1nnc2cc(F)c(F)cc21. The summed E-state index contributed by atoms with van der Waals surface area (Å²) in [5.41, 5.74) is 0.293. The quantitative estimate of drug-likeness (QED) is 0.888. The molecule has 1 unspecified atom stereocenters. The van der Waals surface area contributed by atoms with Crippen LogP contribution in [0.5, 0.6) is 0 Å². The third-order valence-corrected chi connectivity index (χ3v) is 2.48. The van der Waals surface area contributed by atoms with Gasteiger partial charge < -0.3 is 5.11 Å². The van der Waals surface area contributed by atoms with E-state index in [-0.39, 0.29) is 17.5 Å². The lowest BCUT2D eigenvalue weighted by atomic mass is 10.2. The number of hydrogen-bond donors (Lipinski definition) is 1. The van der Waals surface area contributed by atoms with Gasteiger partial charge in [-0.2, -0.15) is 0 Å². The smallest absolute Gasteiger partial charge is 0.328 e. The highest BCUT2D eigenvalue weighted by molar-refractivity contribution is 5.78. The topological polar surface area (TPSA) is 68.0 Å². The van der Waals surface area contributed by atoms with Gasteiger partial charge in [0.15, 0.2) is 17.7 Å². The van der Waals surface area contributed by atoms with Crippen molar-refractivity contribution in [3.63, 3.8) is 0 Å². The van der Waals surface area contributed by atoms with Crippen LogP contribution in [0, 0.1) is 11.6 Å². The van der Waals surface area contributed by atoms with Gasteiger partial charge >= 0.3 is 5.97 Å². The average Bonchev–Trinajstić information content (AvgIpc) is 2.63. The van der Waals surface area contributed by atoms with Gasteiger partial charge in [-0.1, -0.05) is 12.1 Å². The molecule has 90 valence electrons. The Bertz CT molecular complexity index is 582. The van der Waals surface area contributed by atoms with Crippen molar-refractivity contribution >= 4 is 17.0 Å². The van der Waals surface area contributed by atoms with Crippen LogP contribution in [0.25, 0.3) is 11.0 Å². The molecule has 0 fully saturated rings. The lowest BCUT2D eigenvalue weighted by Crippen LogP contribution is -2.19. The van der Waals surface area contributed by atoms with Crippen LogP contribution in [0.3, 0.4) is 0 Å². The van der Waals surface area contributed by atoms with Gasteiger partial charge in [-0.3, -0.25) is 0 Å². The second-order valence-electron chi connectivity index (χ2n) is 3.55. The molecule has 0 saturated heterocycles. The summed E-state index contributed by atoms with van der Waals surface area (Å²) in [5.74, 6) is -3.18. The lowest BCUT2D eigenvalue weighted by molar-refractivity contribution is -0.141. The third kappa shape index (κ3) is 1.83. The van der Waals surface area contributed by atoms with Gasteiger partial charge in [0.1, 0.15) is 5.52 Å². The summed E-state index contributed by atoms with van der Waals surface area (Å²) < 4.78 is 27.1. The molecule has 0 aliphatic heterocycles. The van der Waals surface area contributed by atoms with E-state index in [0.29, 0.717) is 0 Å². The van der Waals surface area contributed by atoms with Crippen LogP contribution >= 0.6 is 0 Å². The highest BCUT2D eigenvalue weighted by atomic mass is 19.2. The number of aliphatic carboxylic acids is 1. The van der Waals surface area contributed by atoms with Crippen molar-refractivity contribution in [2.24, 2.45) is 0 Å². The van der Waals surface area contributed by atoms with Crippen LogP contribution in [-0.4, -0.2) is 26.1 Å². The maximum absolute atomic E-state index is 13.1. The van der Waals surface area contributed by atoms with Crippen LogP contribution in [0.15, 0.2) is 12.1 Å². The van der Waals surface area contributed by atoms with Crippen LogP contribution in [0.1, 0.15) is 19.4 Å². The summed E-state index contributed by atoms with van der Waals surface area (Å²) in [6.07, 6.45) is 0.271. The monoisotopic (exact) mass is 241 g/mol. The van der Waals surface area contributed by atoms with Gasteiger partial charge in [0.2, 0.25) is 0 Å². The maximum Gasteiger partial charge on any atom is 0.328 e. The Balaban J connectivity index is 2.63. The Morgan fingerprint density at radius 1 is 1.47 bits per heavy atom. The number of fused-ring (bicyclic) bond motifs is 1. The predicted octanol–water partition coefficient (Wildman–Crippen LogP) is 1.75. The van der Waals surface area contributed by atoms with Crippen molar-refractivity contribution in [3.05, 3.63) is 23.8 Å². The van der Waals surface area contributed by atoms with Crippen molar-refractivity contribution in [2.75, 3.05) is 0 Å². The molecule has 7 heteroatoms. The third-order valence-electron chi connectivity index (χ3n) is 2.48. The number of benzene rings is 1. The van der Waals surface area contributed by atoms with E-state index in [1.165, 1.54) is 0 Å². The van der Waals surface area contributed by atoms with Crippen LogP contribution < -0.4 is 0 Å². The van der Waals surface area contributed by atoms with Crippen LogP contribution in [0.4, 0.5) is 8.78 Å². The van der Waals surface area contributed by atoms with E-state index in [4.69, 9.17) is 5.11 Å². The second kappa shape index (κ2) is 4.08. The molecule has 0 amide bonds. The summed E-state index contributed by atoms with van der Waals surface area (Å²) >= 11 is 0. The summed E-state index contributed by atoms with van der Waals surface area (Å²) in [6, 6.07) is 0.851. The molecule has 1 heterocycles. The van der Waals surface area contributed by atoms with E-state index < -0.39 is 23.6 Å². The number of carboxylic acids is 1. The van der Waals surface area contributed by atoms with Gasteiger partial charge in [-0.15, -0.1) is 5.10 Å². The lowest BCUT2D eigenvalue weighted by Gasteiger charge is -2.10. The molecule has 0 spiro atoms. The normalized spacial score (nSPS) is 12.9. The molecule has 2 rings (SSSR count). The van der Waals surface area contributed by atoms with Crippen molar-refractivity contribution in [2.45, 2.75) is 19.4 Å². The van der Waals surface area contributed by atoms with Crippen molar-refractivity contribution in [1.29, 1.82) is 0 Å². The molecule has 1 aromatic carbocycles. The first-order valence-corrected chi connectivity index (χ1v) is 4.97. The molecular formula is C10H9F2N3O2. The minimum absolute atomic E-state index is 0.128. The molecule has 0 aliphatic rings. The molecule has 0 bridgehead atoms. The van der Waals surface area contributed by atoms with Gasteiger partial charge in [0.25, 0.3) is 0 Å². The molecule has 1 aromatic heterocycles. The number of rotatable bonds is 3. The van der Waals surface area contributed by atoms with E-state index in [0.717, 1.165) is 16.8 Å². The number of carboxylic acid groups (broad SMARTS) is 1. The van der Waals surface area contributed by atoms with Crippen molar-refractivity contribution < 1.29 is 18.7 Å². The number of hydrogen-bond acceptors (Lipinski definition) is 3. The first-order chi connectivity index (χ1) is 8.04. The number of halogens is 2. The van der Waals surface area contributed by atoms with Crippen molar-refractivity contribution in [3.8, 4) is 0 Å². The Labute approximate surface area is 94.7 Å². The fourth-order valence-corrected chi connectivity index (χ4v) is 1.62. The standard InChI is InChI=1S/C10H9F2N3O2/c1-2-8(10(16)17)15-9-4-6(12)5(11)3-7(9)13-14-15/h3-4,8H,2H2,1H3,(H,16,17). The zero-order chi connectivity index (χ0) is 12.6. The fraction of sp³-hybridized carbons (Fsp3) is 0.300. The Hall–Kier alpha value is -2.05. The number of nitrogens with zero attached hydrogens (tertiary/aromatic N) is 3. The Morgan fingerprint density at radius 2 is 2.12 bits per heavy atom. The van der Waals surface area contributed by atoms with Gasteiger partial charge in [0.05, 0.1) is 5.52 Å². The zero-order valence-electron chi connectivity index (χ0n) is 8.89. The molecule has 0 radical (unpaired) electrons. The first-order valence-electron chi connectivity index (χ1n) is 4.97. The van der Waals surface area contributed by atoms with Crippen LogP contribution in [0.2, 0.25) is 0 Å². The zero-order valence-corrected chi connectivity index (χ0v) is 8.89. The highest BCUT2D eigenvalue weighted by Gasteiger charge is 2.22. The molecule has 0 aliphatic carbocycles. The summed E-state index contributed by atoms with van der Waals surface area (Å²) in [7, 11) is 0. The summed E-state index contributed by atoms with van der Waals surface area (Å²) in [4.78, 5) is 11.0. The molecule has 2 aromatic rings. The average molecular weight is 241 g/mol. The molecule has 0 saturated carbocycles. The van der Waals surface area contributed by atoms with E-state index in [1.807, 2.05) is 0 Å². The summed E-state index contributed by atoms with van der Waals surface area (Å²) in [6.45, 7) is 1.66. The number of carbonyl (C=O) groups is 1. The highest BCUT2D eigenvalue weighted by Crippen LogP contribution is 2.21. The van der Waals surface area contributed by atoms with Gasteiger partial charge in [-0.05, 0) is 6.42 Å². The molecular weight excluding hydrogens is 232 g/mol. The van der Waals surface area contributed by atoms with E-state index in [9.17, 15) is 13.6 Å². The Morgan fingerprint density at radius 3 is 2.71 bits per heavy atom. The van der Waals surface area contributed by atoms with E-state index >= 15 is 0 Å². The van der Waals surface area contributed by atoms with Crippen LogP contribution in [-0.2, 0) is 4.79 Å². The van der Waals surface area contributed by atoms with E-state index in [1.54, 1.807) is 6.92 Å². The molecule has 1 N–H and O–H groups in total. The van der Waals surface area contributed by atoms with Gasteiger partial charge in [-0.25, -0.2) is 18.3 Å². The van der Waals surface area contributed by atoms with Crippen molar-refractivity contribution in [1.82, 2.24) is 15.0 Å². The minimum Gasteiger partial charge on any atom is -0.480 e. The first kappa shape index (κ1) is 11.4. The largest absolute Gasteiger partial charge is 0.480 e. The maximum atomic E-state index is 13.1.